The van der Waals surface area contributed by atoms with Gasteiger partial charge in [0.05, 0.1) is 11.3 Å². The number of amides is 1. The van der Waals surface area contributed by atoms with Crippen LogP contribution in [-0.2, 0) is 6.54 Å². The van der Waals surface area contributed by atoms with Gasteiger partial charge in [0.1, 0.15) is 5.82 Å². The molecule has 0 spiro atoms. The van der Waals surface area contributed by atoms with E-state index in [9.17, 15) is 9.18 Å². The van der Waals surface area contributed by atoms with Crippen molar-refractivity contribution in [1.82, 2.24) is 9.88 Å². The summed E-state index contributed by atoms with van der Waals surface area (Å²) in [6.07, 6.45) is 2.51. The molecule has 0 unspecified atom stereocenters. The smallest absolute Gasteiger partial charge is 0.260 e. The molecule has 128 valence electrons. The summed E-state index contributed by atoms with van der Waals surface area (Å²) in [7, 11) is 0. The molecule has 1 saturated heterocycles. The number of piperidine rings is 1. The van der Waals surface area contributed by atoms with Crippen LogP contribution in [-0.4, -0.2) is 28.9 Å². The molecule has 4 nitrogen and oxygen atoms in total. The van der Waals surface area contributed by atoms with Crippen molar-refractivity contribution >= 4 is 38.3 Å². The van der Waals surface area contributed by atoms with Gasteiger partial charge in [0.15, 0.2) is 5.13 Å². The van der Waals surface area contributed by atoms with Crippen LogP contribution in [0.5, 0.6) is 0 Å². The minimum absolute atomic E-state index is 0.0137. The lowest BCUT2D eigenvalue weighted by Gasteiger charge is -2.30. The number of anilines is 1. The maximum atomic E-state index is 13.8. The molecule has 7 heteroatoms. The Morgan fingerprint density at radius 1 is 1.54 bits per heavy atom. The molecule has 0 radical (unpaired) electrons. The van der Waals surface area contributed by atoms with E-state index in [2.05, 4.69) is 38.1 Å². The number of benzene rings is 1. The number of nitrogens with one attached hydrogen (secondary N) is 1. The van der Waals surface area contributed by atoms with Crippen LogP contribution in [0.25, 0.3) is 0 Å². The van der Waals surface area contributed by atoms with E-state index in [1.165, 1.54) is 36.3 Å². The quantitative estimate of drug-likeness (QED) is 0.803. The Bertz CT molecular complexity index is 736. The number of aromatic nitrogens is 1. The molecule has 0 aliphatic carbocycles. The molecule has 0 saturated carbocycles. The Labute approximate surface area is 153 Å². The molecule has 0 bridgehead atoms. The van der Waals surface area contributed by atoms with Crippen molar-refractivity contribution in [3.05, 3.63) is 45.1 Å². The number of hydrogen-bond acceptors (Lipinski definition) is 4. The van der Waals surface area contributed by atoms with E-state index in [4.69, 9.17) is 0 Å². The van der Waals surface area contributed by atoms with Gasteiger partial charge in [-0.05, 0) is 43.5 Å². The molecule has 1 aliphatic rings. The number of thiazole rings is 1. The molecular weight excluding hydrogens is 393 g/mol. The van der Waals surface area contributed by atoms with E-state index >= 15 is 0 Å². The van der Waals surface area contributed by atoms with E-state index in [-0.39, 0.29) is 5.56 Å². The highest BCUT2D eigenvalue weighted by Gasteiger charge is 2.18. The zero-order chi connectivity index (χ0) is 17.1. The van der Waals surface area contributed by atoms with Gasteiger partial charge in [0.25, 0.3) is 5.91 Å². The van der Waals surface area contributed by atoms with Crippen molar-refractivity contribution in [3.63, 3.8) is 0 Å². The van der Waals surface area contributed by atoms with Crippen LogP contribution < -0.4 is 5.32 Å². The van der Waals surface area contributed by atoms with Crippen molar-refractivity contribution in [2.75, 3.05) is 18.4 Å². The summed E-state index contributed by atoms with van der Waals surface area (Å²) >= 11 is 4.55. The van der Waals surface area contributed by atoms with Gasteiger partial charge in [-0.2, -0.15) is 0 Å². The number of hydrogen-bond donors (Lipinski definition) is 1. The van der Waals surface area contributed by atoms with Gasteiger partial charge < -0.3 is 0 Å². The fraction of sp³-hybridized carbons (Fsp3) is 0.412. The number of carbonyl (C=O) groups is 1. The van der Waals surface area contributed by atoms with Gasteiger partial charge in [0.2, 0.25) is 0 Å². The summed E-state index contributed by atoms with van der Waals surface area (Å²) in [4.78, 5) is 19.0. The van der Waals surface area contributed by atoms with E-state index in [1.807, 2.05) is 5.38 Å². The fourth-order valence-electron chi connectivity index (χ4n) is 2.93. The molecule has 1 amide bonds. The molecule has 1 aromatic heterocycles. The van der Waals surface area contributed by atoms with Crippen molar-refractivity contribution < 1.29 is 9.18 Å². The summed E-state index contributed by atoms with van der Waals surface area (Å²) in [6, 6.07) is 4.38. The Hall–Kier alpha value is -1.31. The normalized spacial score (nSPS) is 18.5. The predicted octanol–water partition coefficient (Wildman–Crippen LogP) is 4.53. The van der Waals surface area contributed by atoms with Gasteiger partial charge in [-0.15, -0.1) is 11.3 Å². The van der Waals surface area contributed by atoms with Crippen LogP contribution in [0, 0.1) is 11.7 Å². The minimum atomic E-state index is -0.555. The van der Waals surface area contributed by atoms with Crippen molar-refractivity contribution in [3.8, 4) is 0 Å². The standard InChI is InChI=1S/C17H19BrFN3OS/c1-11-3-2-6-22(8-11)9-13-10-24-17(20-13)21-16(23)14-5-4-12(18)7-15(14)19/h4-5,7,10-11H,2-3,6,8-9H2,1H3,(H,20,21,23)/t11-/m0/s1. The largest absolute Gasteiger partial charge is 0.298 e. The average molecular weight is 412 g/mol. The maximum Gasteiger partial charge on any atom is 0.260 e. The van der Waals surface area contributed by atoms with Crippen LogP contribution in [0.3, 0.4) is 0 Å². The topological polar surface area (TPSA) is 45.2 Å². The second kappa shape index (κ2) is 7.72. The second-order valence-electron chi connectivity index (χ2n) is 6.20. The van der Waals surface area contributed by atoms with Crippen molar-refractivity contribution in [1.29, 1.82) is 0 Å². The highest BCUT2D eigenvalue weighted by Crippen LogP contribution is 2.22. The zero-order valence-electron chi connectivity index (χ0n) is 13.4. The van der Waals surface area contributed by atoms with E-state index in [1.54, 1.807) is 6.07 Å². The number of likely N-dealkylation sites (tertiary alicyclic amines) is 1. The van der Waals surface area contributed by atoms with Crippen LogP contribution in [0.15, 0.2) is 28.1 Å². The Balaban J connectivity index is 1.62. The minimum Gasteiger partial charge on any atom is -0.298 e. The van der Waals surface area contributed by atoms with Crippen LogP contribution in [0.2, 0.25) is 0 Å². The average Bonchev–Trinajstić information content (AvgIpc) is 2.94. The molecule has 2 heterocycles. The summed E-state index contributed by atoms with van der Waals surface area (Å²) in [5, 5.41) is 5.13. The lowest BCUT2D eigenvalue weighted by molar-refractivity contribution is 0.102. The Morgan fingerprint density at radius 2 is 2.38 bits per heavy atom. The monoisotopic (exact) mass is 411 g/mol. The zero-order valence-corrected chi connectivity index (χ0v) is 15.8. The molecule has 1 atom stereocenters. The van der Waals surface area contributed by atoms with Crippen LogP contribution in [0.4, 0.5) is 9.52 Å². The molecule has 1 aliphatic heterocycles. The fourth-order valence-corrected chi connectivity index (χ4v) is 3.96. The molecule has 1 N–H and O–H groups in total. The predicted molar refractivity (Wildman–Crippen MR) is 97.8 cm³/mol. The SMILES string of the molecule is C[C@H]1CCCN(Cc2csc(NC(=O)c3ccc(Br)cc3F)n2)C1. The summed E-state index contributed by atoms with van der Waals surface area (Å²) < 4.78 is 14.4. The summed E-state index contributed by atoms with van der Waals surface area (Å²) in [5.41, 5.74) is 0.959. The lowest BCUT2D eigenvalue weighted by Crippen LogP contribution is -2.33. The van der Waals surface area contributed by atoms with Gasteiger partial charge in [0, 0.05) is 22.9 Å². The van der Waals surface area contributed by atoms with Crippen molar-refractivity contribution in [2.45, 2.75) is 26.3 Å². The van der Waals surface area contributed by atoms with E-state index in [0.29, 0.717) is 9.60 Å². The first kappa shape index (κ1) is 17.5. The van der Waals surface area contributed by atoms with E-state index < -0.39 is 11.7 Å². The summed E-state index contributed by atoms with van der Waals surface area (Å²) in [6.45, 7) is 5.24. The molecule has 24 heavy (non-hydrogen) atoms. The molecular formula is C17H19BrFN3OS. The van der Waals surface area contributed by atoms with E-state index in [0.717, 1.165) is 31.2 Å². The lowest BCUT2D eigenvalue weighted by atomic mass is 10.0. The van der Waals surface area contributed by atoms with Gasteiger partial charge in [-0.3, -0.25) is 15.0 Å². The third-order valence-corrected chi connectivity index (χ3v) is 5.37. The second-order valence-corrected chi connectivity index (χ2v) is 7.98. The molecule has 1 fully saturated rings. The maximum absolute atomic E-state index is 13.8. The first-order valence-electron chi connectivity index (χ1n) is 7.94. The Kier molecular flexibility index (Phi) is 5.63. The first-order valence-corrected chi connectivity index (χ1v) is 9.61. The number of halogens is 2. The van der Waals surface area contributed by atoms with Gasteiger partial charge in [-0.25, -0.2) is 9.37 Å². The number of nitrogens with zero attached hydrogens (tertiary/aromatic N) is 2. The highest BCUT2D eigenvalue weighted by molar-refractivity contribution is 9.10. The third-order valence-electron chi connectivity index (χ3n) is 4.07. The molecule has 1 aromatic carbocycles. The van der Waals surface area contributed by atoms with Gasteiger partial charge >= 0.3 is 0 Å². The summed E-state index contributed by atoms with van der Waals surface area (Å²) in [5.74, 6) is -0.314. The van der Waals surface area contributed by atoms with Crippen LogP contribution in [0.1, 0.15) is 35.8 Å². The first-order chi connectivity index (χ1) is 11.5. The third kappa shape index (κ3) is 4.40. The number of rotatable bonds is 4. The van der Waals surface area contributed by atoms with Gasteiger partial charge in [-0.1, -0.05) is 22.9 Å². The molecule has 3 rings (SSSR count). The Morgan fingerprint density at radius 3 is 3.12 bits per heavy atom. The molecule has 2 aromatic rings. The highest BCUT2D eigenvalue weighted by atomic mass is 79.9. The number of carbonyl (C=O) groups excluding carboxylic acids is 1. The van der Waals surface area contributed by atoms with Crippen LogP contribution >= 0.6 is 27.3 Å². The van der Waals surface area contributed by atoms with Crippen molar-refractivity contribution in [2.24, 2.45) is 5.92 Å².